The molecule has 0 spiro atoms. The third kappa shape index (κ3) is 6.08. The second-order valence-electron chi connectivity index (χ2n) is 4.80. The van der Waals surface area contributed by atoms with Crippen LogP contribution in [0.4, 0.5) is 0 Å². The highest BCUT2D eigenvalue weighted by atomic mass is 32.2. The van der Waals surface area contributed by atoms with E-state index >= 15 is 0 Å². The van der Waals surface area contributed by atoms with Crippen molar-refractivity contribution in [3.8, 4) is 5.75 Å². The second kappa shape index (κ2) is 8.56. The topological polar surface area (TPSA) is 75.6 Å². The highest BCUT2D eigenvalue weighted by Crippen LogP contribution is 2.18. The van der Waals surface area contributed by atoms with Crippen molar-refractivity contribution in [3.05, 3.63) is 29.3 Å². The first-order valence-electron chi connectivity index (χ1n) is 6.65. The van der Waals surface area contributed by atoms with Crippen LogP contribution in [0.1, 0.15) is 17.5 Å². The number of thioether (sulfide) groups is 1. The Morgan fingerprint density at radius 3 is 2.67 bits per heavy atom. The predicted molar refractivity (Wildman–Crippen MR) is 84.0 cm³/mol. The van der Waals surface area contributed by atoms with Gasteiger partial charge in [0.25, 0.3) is 5.91 Å². The largest absolute Gasteiger partial charge is 0.484 e. The number of carboxylic acids is 1. The lowest BCUT2D eigenvalue weighted by molar-refractivity contribution is -0.142. The van der Waals surface area contributed by atoms with Gasteiger partial charge in [0.15, 0.2) is 6.61 Å². The van der Waals surface area contributed by atoms with Crippen LogP contribution in [-0.2, 0) is 9.59 Å². The first kappa shape index (κ1) is 17.4. The Morgan fingerprint density at radius 1 is 1.38 bits per heavy atom. The summed E-state index contributed by atoms with van der Waals surface area (Å²) in [7, 11) is 0. The Kier molecular flexibility index (Phi) is 7.08. The van der Waals surface area contributed by atoms with Crippen LogP contribution in [0.5, 0.6) is 5.75 Å². The van der Waals surface area contributed by atoms with Crippen molar-refractivity contribution in [2.75, 3.05) is 18.6 Å². The molecule has 1 atom stereocenters. The summed E-state index contributed by atoms with van der Waals surface area (Å²) in [6.45, 7) is 3.69. The quantitative estimate of drug-likeness (QED) is 0.768. The second-order valence-corrected chi connectivity index (χ2v) is 5.78. The van der Waals surface area contributed by atoms with Gasteiger partial charge >= 0.3 is 5.97 Å². The van der Waals surface area contributed by atoms with Gasteiger partial charge in [0.2, 0.25) is 0 Å². The molecular weight excluding hydrogens is 290 g/mol. The average Bonchev–Trinajstić information content (AvgIpc) is 2.42. The molecule has 1 aromatic rings. The molecule has 0 radical (unpaired) electrons. The summed E-state index contributed by atoms with van der Waals surface area (Å²) in [5.74, 6) is -0.144. The molecule has 0 saturated heterocycles. The van der Waals surface area contributed by atoms with E-state index in [1.165, 1.54) is 0 Å². The van der Waals surface area contributed by atoms with Crippen LogP contribution in [0, 0.1) is 13.8 Å². The predicted octanol–water partition coefficient (Wildman–Crippen LogP) is 2.00. The van der Waals surface area contributed by atoms with Crippen LogP contribution >= 0.6 is 11.8 Å². The lowest BCUT2D eigenvalue weighted by Gasteiger charge is -2.15. The molecule has 0 aliphatic rings. The van der Waals surface area contributed by atoms with Crippen molar-refractivity contribution in [1.82, 2.24) is 5.32 Å². The van der Waals surface area contributed by atoms with Gasteiger partial charge in [-0.1, -0.05) is 17.7 Å². The highest BCUT2D eigenvalue weighted by Gasteiger charge is 2.19. The Balaban J connectivity index is 2.50. The lowest BCUT2D eigenvalue weighted by atomic mass is 10.1. The molecule has 2 N–H and O–H groups in total. The van der Waals surface area contributed by atoms with E-state index in [-0.39, 0.29) is 6.61 Å². The number of benzene rings is 1. The van der Waals surface area contributed by atoms with Crippen molar-refractivity contribution in [1.29, 1.82) is 0 Å². The van der Waals surface area contributed by atoms with Crippen molar-refractivity contribution in [3.63, 3.8) is 0 Å². The van der Waals surface area contributed by atoms with Crippen LogP contribution in [0.25, 0.3) is 0 Å². The molecule has 1 unspecified atom stereocenters. The van der Waals surface area contributed by atoms with Gasteiger partial charge in [-0.3, -0.25) is 4.79 Å². The molecule has 116 valence electrons. The monoisotopic (exact) mass is 311 g/mol. The number of carbonyl (C=O) groups is 2. The summed E-state index contributed by atoms with van der Waals surface area (Å²) in [6, 6.07) is 4.80. The highest BCUT2D eigenvalue weighted by molar-refractivity contribution is 7.98. The maximum absolute atomic E-state index is 11.8. The molecule has 6 heteroatoms. The van der Waals surface area contributed by atoms with Gasteiger partial charge in [-0.15, -0.1) is 0 Å². The minimum atomic E-state index is -1.02. The lowest BCUT2D eigenvalue weighted by Crippen LogP contribution is -2.43. The van der Waals surface area contributed by atoms with Gasteiger partial charge in [0.1, 0.15) is 11.8 Å². The third-order valence-electron chi connectivity index (χ3n) is 2.93. The Bertz CT molecular complexity index is 504. The molecule has 5 nitrogen and oxygen atoms in total. The van der Waals surface area contributed by atoms with Crippen molar-refractivity contribution >= 4 is 23.6 Å². The molecule has 0 aromatic heterocycles. The standard InChI is InChI=1S/C15H21NO4S/c1-10-4-5-13(11(2)8-10)20-9-14(17)16-12(15(18)19)6-7-21-3/h4-5,8,12H,6-7,9H2,1-3H3,(H,16,17)(H,18,19). The zero-order valence-corrected chi connectivity index (χ0v) is 13.3. The summed E-state index contributed by atoms with van der Waals surface area (Å²) in [5.41, 5.74) is 2.06. The van der Waals surface area contributed by atoms with Crippen LogP contribution in [0.2, 0.25) is 0 Å². The number of amides is 1. The van der Waals surface area contributed by atoms with Crippen molar-refractivity contribution in [2.45, 2.75) is 26.3 Å². The zero-order valence-electron chi connectivity index (χ0n) is 12.5. The van der Waals surface area contributed by atoms with Gasteiger partial charge in [-0.05, 0) is 43.9 Å². The zero-order chi connectivity index (χ0) is 15.8. The van der Waals surface area contributed by atoms with Gasteiger partial charge in [0, 0.05) is 0 Å². The van der Waals surface area contributed by atoms with E-state index in [4.69, 9.17) is 9.84 Å². The van der Waals surface area contributed by atoms with Gasteiger partial charge in [-0.2, -0.15) is 11.8 Å². The van der Waals surface area contributed by atoms with Gasteiger partial charge in [-0.25, -0.2) is 4.79 Å². The number of aryl methyl sites for hydroxylation is 2. The normalized spacial score (nSPS) is 11.8. The van der Waals surface area contributed by atoms with E-state index in [1.54, 1.807) is 17.8 Å². The number of carbonyl (C=O) groups excluding carboxylic acids is 1. The molecule has 21 heavy (non-hydrogen) atoms. The van der Waals surface area contributed by atoms with Crippen molar-refractivity contribution in [2.24, 2.45) is 0 Å². The van der Waals surface area contributed by atoms with Crippen molar-refractivity contribution < 1.29 is 19.4 Å². The SMILES string of the molecule is CSCCC(NC(=O)COc1ccc(C)cc1C)C(=O)O. The van der Waals surface area contributed by atoms with E-state index in [0.717, 1.165) is 11.1 Å². The van der Waals surface area contributed by atoms with Gasteiger partial charge in [0.05, 0.1) is 0 Å². The average molecular weight is 311 g/mol. The van der Waals surface area contributed by atoms with Crippen LogP contribution in [0.3, 0.4) is 0 Å². The maximum atomic E-state index is 11.8. The van der Waals surface area contributed by atoms with Gasteiger partial charge < -0.3 is 15.2 Å². The van der Waals surface area contributed by atoms with E-state index in [2.05, 4.69) is 5.32 Å². The minimum Gasteiger partial charge on any atom is -0.484 e. The minimum absolute atomic E-state index is 0.188. The van der Waals surface area contributed by atoms with E-state index in [1.807, 2.05) is 32.2 Å². The molecule has 1 aromatic carbocycles. The number of nitrogens with one attached hydrogen (secondary N) is 1. The summed E-state index contributed by atoms with van der Waals surface area (Å²) in [6.07, 6.45) is 2.29. The van der Waals surface area contributed by atoms with E-state index in [0.29, 0.717) is 17.9 Å². The molecule has 0 fully saturated rings. The third-order valence-corrected chi connectivity index (χ3v) is 3.58. The first-order valence-corrected chi connectivity index (χ1v) is 8.04. The molecule has 1 rings (SSSR count). The Labute approximate surface area is 129 Å². The Hall–Kier alpha value is -1.69. The summed E-state index contributed by atoms with van der Waals surface area (Å²) in [4.78, 5) is 22.8. The number of hydrogen-bond donors (Lipinski definition) is 2. The smallest absolute Gasteiger partial charge is 0.326 e. The molecule has 0 heterocycles. The van der Waals surface area contributed by atoms with E-state index < -0.39 is 17.9 Å². The molecule has 0 saturated carbocycles. The van der Waals surface area contributed by atoms with Crippen LogP contribution < -0.4 is 10.1 Å². The molecule has 0 bridgehead atoms. The molecule has 0 aliphatic heterocycles. The summed E-state index contributed by atoms with van der Waals surface area (Å²) < 4.78 is 5.43. The fourth-order valence-electron chi connectivity index (χ4n) is 1.83. The van der Waals surface area contributed by atoms with E-state index in [9.17, 15) is 9.59 Å². The summed E-state index contributed by atoms with van der Waals surface area (Å²) in [5, 5.41) is 11.5. The molecular formula is C15H21NO4S. The number of rotatable bonds is 8. The fraction of sp³-hybridized carbons (Fsp3) is 0.467. The molecule has 1 amide bonds. The number of aliphatic carboxylic acids is 1. The number of carboxylic acid groups (broad SMARTS) is 1. The molecule has 0 aliphatic carbocycles. The number of ether oxygens (including phenoxy) is 1. The van der Waals surface area contributed by atoms with Crippen LogP contribution in [0.15, 0.2) is 18.2 Å². The first-order chi connectivity index (χ1) is 9.93. The number of hydrogen-bond acceptors (Lipinski definition) is 4. The van der Waals surface area contributed by atoms with Crippen LogP contribution in [-0.4, -0.2) is 41.6 Å². The maximum Gasteiger partial charge on any atom is 0.326 e. The Morgan fingerprint density at radius 2 is 2.10 bits per heavy atom. The fourth-order valence-corrected chi connectivity index (χ4v) is 2.31. The summed E-state index contributed by atoms with van der Waals surface area (Å²) >= 11 is 1.54.